The molecular formula is C12H19NOS. The van der Waals surface area contributed by atoms with Gasteiger partial charge in [-0.05, 0) is 46.2 Å². The molecule has 1 aromatic carbocycles. The zero-order valence-corrected chi connectivity index (χ0v) is 10.9. The second-order valence-electron chi connectivity index (χ2n) is 4.89. The molecule has 1 aromatic rings. The number of rotatable bonds is 2. The summed E-state index contributed by atoms with van der Waals surface area (Å²) in [5, 5.41) is 0. The molecule has 0 heterocycles. The lowest BCUT2D eigenvalue weighted by molar-refractivity contribution is 0.519. The van der Waals surface area contributed by atoms with Crippen molar-refractivity contribution in [2.75, 3.05) is 0 Å². The van der Waals surface area contributed by atoms with Crippen LogP contribution in [-0.4, -0.2) is 9.75 Å². The van der Waals surface area contributed by atoms with Crippen molar-refractivity contribution in [2.24, 2.45) is 0 Å². The fraction of sp³-hybridized carbons (Fsp3) is 0.500. The van der Waals surface area contributed by atoms with E-state index in [1.807, 2.05) is 46.8 Å². The third-order valence-corrected chi connectivity index (χ3v) is 3.58. The van der Waals surface area contributed by atoms with E-state index in [-0.39, 0.29) is 5.54 Å². The van der Waals surface area contributed by atoms with Crippen LogP contribution in [-0.2, 0) is 11.0 Å². The third-order valence-electron chi connectivity index (χ3n) is 1.93. The van der Waals surface area contributed by atoms with Crippen LogP contribution in [0.4, 0.5) is 0 Å². The zero-order chi connectivity index (χ0) is 11.6. The van der Waals surface area contributed by atoms with Gasteiger partial charge in [-0.1, -0.05) is 17.7 Å². The van der Waals surface area contributed by atoms with Crippen LogP contribution in [0.2, 0.25) is 0 Å². The summed E-state index contributed by atoms with van der Waals surface area (Å²) in [6.07, 6.45) is 0. The Morgan fingerprint density at radius 3 is 2.27 bits per heavy atom. The lowest BCUT2D eigenvalue weighted by Crippen LogP contribution is -2.37. The van der Waals surface area contributed by atoms with E-state index in [1.165, 1.54) is 5.56 Å². The molecule has 0 saturated heterocycles. The van der Waals surface area contributed by atoms with E-state index in [4.69, 9.17) is 0 Å². The monoisotopic (exact) mass is 225 g/mol. The van der Waals surface area contributed by atoms with Gasteiger partial charge >= 0.3 is 0 Å². The summed E-state index contributed by atoms with van der Waals surface area (Å²) >= 11 is 0. The van der Waals surface area contributed by atoms with Crippen molar-refractivity contribution in [3.05, 3.63) is 29.3 Å². The van der Waals surface area contributed by atoms with Crippen molar-refractivity contribution in [3.8, 4) is 0 Å². The molecule has 0 aliphatic heterocycles. The Balaban J connectivity index is 2.92. The topological polar surface area (TPSA) is 29.1 Å². The molecule has 0 amide bonds. The van der Waals surface area contributed by atoms with Crippen LogP contribution in [0.1, 0.15) is 31.9 Å². The Bertz CT molecular complexity index is 380. The molecule has 15 heavy (non-hydrogen) atoms. The van der Waals surface area contributed by atoms with Gasteiger partial charge in [0.1, 0.15) is 11.0 Å². The van der Waals surface area contributed by atoms with Crippen LogP contribution >= 0.6 is 0 Å². The maximum absolute atomic E-state index is 12.0. The maximum atomic E-state index is 12.0. The van der Waals surface area contributed by atoms with Crippen LogP contribution in [0.15, 0.2) is 23.1 Å². The summed E-state index contributed by atoms with van der Waals surface area (Å²) in [6.45, 7) is 10.1. The van der Waals surface area contributed by atoms with Crippen LogP contribution in [0, 0.1) is 13.8 Å². The quantitative estimate of drug-likeness (QED) is 0.824. The fourth-order valence-electron chi connectivity index (χ4n) is 1.34. The summed E-state index contributed by atoms with van der Waals surface area (Å²) in [7, 11) is -1.12. The summed E-state index contributed by atoms with van der Waals surface area (Å²) < 4.78 is 15.1. The number of hydrogen-bond donors (Lipinski definition) is 1. The molecule has 1 unspecified atom stereocenters. The first-order valence-electron chi connectivity index (χ1n) is 5.06. The number of nitrogens with one attached hydrogen (secondary N) is 1. The first-order chi connectivity index (χ1) is 6.79. The highest BCUT2D eigenvalue weighted by molar-refractivity contribution is 7.83. The lowest BCUT2D eigenvalue weighted by Gasteiger charge is -2.20. The molecule has 0 radical (unpaired) electrons. The summed E-state index contributed by atoms with van der Waals surface area (Å²) in [6, 6.07) is 5.97. The van der Waals surface area contributed by atoms with Crippen molar-refractivity contribution >= 4 is 11.0 Å². The zero-order valence-electron chi connectivity index (χ0n) is 10.0. The summed E-state index contributed by atoms with van der Waals surface area (Å²) in [5.41, 5.74) is 2.14. The van der Waals surface area contributed by atoms with Crippen molar-refractivity contribution in [3.63, 3.8) is 0 Å². The molecule has 84 valence electrons. The molecule has 2 nitrogen and oxygen atoms in total. The van der Waals surface area contributed by atoms with Gasteiger partial charge in [0.2, 0.25) is 0 Å². The van der Waals surface area contributed by atoms with Crippen molar-refractivity contribution in [1.29, 1.82) is 0 Å². The van der Waals surface area contributed by atoms with E-state index in [0.29, 0.717) is 0 Å². The van der Waals surface area contributed by atoms with Gasteiger partial charge in [-0.2, -0.15) is 0 Å². The number of hydrogen-bond acceptors (Lipinski definition) is 1. The maximum Gasteiger partial charge on any atom is 0.125 e. The van der Waals surface area contributed by atoms with E-state index in [9.17, 15) is 4.21 Å². The van der Waals surface area contributed by atoms with Crippen molar-refractivity contribution < 1.29 is 4.21 Å². The second-order valence-corrected chi connectivity index (χ2v) is 6.07. The predicted octanol–water partition coefficient (Wildman–Crippen LogP) is 2.71. The van der Waals surface area contributed by atoms with E-state index in [0.717, 1.165) is 10.5 Å². The molecule has 0 spiro atoms. The number of benzene rings is 1. The molecule has 0 fully saturated rings. The first kappa shape index (κ1) is 12.4. The molecule has 1 rings (SSSR count). The largest absolute Gasteiger partial charge is 0.237 e. The van der Waals surface area contributed by atoms with Crippen molar-refractivity contribution in [2.45, 2.75) is 45.1 Å². The minimum Gasteiger partial charge on any atom is -0.237 e. The van der Waals surface area contributed by atoms with Gasteiger partial charge < -0.3 is 0 Å². The molecule has 0 saturated carbocycles. The van der Waals surface area contributed by atoms with E-state index >= 15 is 0 Å². The summed E-state index contributed by atoms with van der Waals surface area (Å²) in [4.78, 5) is 0.871. The van der Waals surface area contributed by atoms with Crippen LogP contribution in [0.5, 0.6) is 0 Å². The lowest BCUT2D eigenvalue weighted by atomic mass is 10.1. The Labute approximate surface area is 94.7 Å². The highest BCUT2D eigenvalue weighted by Gasteiger charge is 2.15. The Morgan fingerprint density at radius 2 is 1.80 bits per heavy atom. The van der Waals surface area contributed by atoms with Crippen LogP contribution in [0.25, 0.3) is 0 Å². The van der Waals surface area contributed by atoms with E-state index in [2.05, 4.69) is 10.8 Å². The van der Waals surface area contributed by atoms with Crippen LogP contribution < -0.4 is 4.72 Å². The predicted molar refractivity (Wildman–Crippen MR) is 65.2 cm³/mol. The minimum atomic E-state index is -1.12. The normalized spacial score (nSPS) is 13.9. The SMILES string of the molecule is Cc1ccc(S(=O)NC(C)(C)C)c(C)c1. The van der Waals surface area contributed by atoms with Gasteiger partial charge in [-0.25, -0.2) is 8.93 Å². The first-order valence-corrected chi connectivity index (χ1v) is 6.21. The molecule has 1 atom stereocenters. The van der Waals surface area contributed by atoms with Gasteiger partial charge in [0.05, 0.1) is 4.90 Å². The molecular weight excluding hydrogens is 206 g/mol. The second kappa shape index (κ2) is 4.45. The standard InChI is InChI=1S/C12H19NOS/c1-9-6-7-11(10(2)8-9)15(14)13-12(3,4)5/h6-8,13H,1-5H3. The van der Waals surface area contributed by atoms with Gasteiger partial charge in [-0.3, -0.25) is 0 Å². The molecule has 0 aliphatic rings. The smallest absolute Gasteiger partial charge is 0.125 e. The average Bonchev–Trinajstić information content (AvgIpc) is 1.99. The van der Waals surface area contributed by atoms with Gasteiger partial charge in [0.25, 0.3) is 0 Å². The van der Waals surface area contributed by atoms with Gasteiger partial charge in [0.15, 0.2) is 0 Å². The Hall–Kier alpha value is -0.670. The Morgan fingerprint density at radius 1 is 1.20 bits per heavy atom. The van der Waals surface area contributed by atoms with Gasteiger partial charge in [-0.15, -0.1) is 0 Å². The average molecular weight is 225 g/mol. The molecule has 0 bridgehead atoms. The highest BCUT2D eigenvalue weighted by Crippen LogP contribution is 2.15. The van der Waals surface area contributed by atoms with Crippen molar-refractivity contribution in [1.82, 2.24) is 4.72 Å². The third kappa shape index (κ3) is 3.76. The molecule has 1 N–H and O–H groups in total. The van der Waals surface area contributed by atoms with Crippen LogP contribution in [0.3, 0.4) is 0 Å². The molecule has 0 aliphatic carbocycles. The Kier molecular flexibility index (Phi) is 3.68. The molecule has 0 aromatic heterocycles. The molecule has 3 heteroatoms. The van der Waals surface area contributed by atoms with E-state index in [1.54, 1.807) is 0 Å². The van der Waals surface area contributed by atoms with E-state index < -0.39 is 11.0 Å². The fourth-order valence-corrected chi connectivity index (χ4v) is 2.55. The summed E-state index contributed by atoms with van der Waals surface area (Å²) in [5.74, 6) is 0. The highest BCUT2D eigenvalue weighted by atomic mass is 32.2. The van der Waals surface area contributed by atoms with Gasteiger partial charge in [0, 0.05) is 5.54 Å². The minimum absolute atomic E-state index is 0.137. The number of aryl methyl sites for hydroxylation is 2.